The van der Waals surface area contributed by atoms with E-state index >= 15 is 0 Å². The van der Waals surface area contributed by atoms with Gasteiger partial charge in [0.15, 0.2) is 5.82 Å². The third kappa shape index (κ3) is 7.03. The predicted octanol–water partition coefficient (Wildman–Crippen LogP) is 5.22. The van der Waals surface area contributed by atoms with E-state index in [4.69, 9.17) is 56.7 Å². The van der Waals surface area contributed by atoms with E-state index in [1.165, 1.54) is 0 Å². The molecule has 4 N–H and O–H groups in total. The van der Waals surface area contributed by atoms with E-state index < -0.39 is 17.2 Å². The molecule has 208 valence electrons. The normalized spacial score (nSPS) is 26.1. The van der Waals surface area contributed by atoms with E-state index in [0.29, 0.717) is 47.4 Å². The highest BCUT2D eigenvalue weighted by molar-refractivity contribution is 6.30. The smallest absolute Gasteiger partial charge is 0.349 e. The largest absolute Gasteiger partial charge is 0.385 e. The highest BCUT2D eigenvalue weighted by atomic mass is 35.5. The van der Waals surface area contributed by atoms with Gasteiger partial charge in [-0.3, -0.25) is 0 Å². The molecule has 1 aromatic heterocycles. The Morgan fingerprint density at radius 1 is 0.974 bits per heavy atom. The number of nitrogens with two attached hydrogens (primary N) is 1. The lowest BCUT2D eigenvalue weighted by Crippen LogP contribution is -2.46. The van der Waals surface area contributed by atoms with Crippen molar-refractivity contribution >= 4 is 58.2 Å². The summed E-state index contributed by atoms with van der Waals surface area (Å²) >= 11 is 22.5. The molecule has 3 aromatic rings. The molecule has 5 rings (SSSR count). The van der Waals surface area contributed by atoms with E-state index in [1.807, 2.05) is 12.1 Å². The van der Waals surface area contributed by atoms with Crippen molar-refractivity contribution in [3.05, 3.63) is 81.4 Å². The minimum atomic E-state index is -0.939. The molecule has 0 radical (unpaired) electrons. The Balaban J connectivity index is 0.000000181. The highest BCUT2D eigenvalue weighted by Crippen LogP contribution is 2.50. The van der Waals surface area contributed by atoms with Gasteiger partial charge in [0.05, 0.1) is 11.2 Å². The molecule has 0 unspecified atom stereocenters. The Morgan fingerprint density at radius 3 is 1.95 bits per heavy atom. The monoisotopic (exact) mass is 614 g/mol. The van der Waals surface area contributed by atoms with Crippen LogP contribution in [-0.2, 0) is 26.7 Å². The Hall–Kier alpha value is -2.40. The minimum absolute atomic E-state index is 0.112. The molecule has 2 aliphatic carbocycles. The summed E-state index contributed by atoms with van der Waals surface area (Å²) < 4.78 is 4.97. The number of aliphatic hydroxyl groups is 2. The lowest BCUT2D eigenvalue weighted by molar-refractivity contribution is -0.140. The first-order valence-corrected chi connectivity index (χ1v) is 13.8. The van der Waals surface area contributed by atoms with Crippen molar-refractivity contribution in [2.24, 2.45) is 16.8 Å². The molecule has 0 amide bonds. The molecule has 13 heteroatoms. The number of rotatable bonds is 7. The summed E-state index contributed by atoms with van der Waals surface area (Å²) in [6.45, 7) is 0. The highest BCUT2D eigenvalue weighted by Gasteiger charge is 2.47. The molecule has 0 saturated heterocycles. The van der Waals surface area contributed by atoms with Crippen LogP contribution in [0.5, 0.6) is 0 Å². The fraction of sp³-hybridized carbons (Fsp3) is 0.385. The Morgan fingerprint density at radius 2 is 1.49 bits per heavy atom. The van der Waals surface area contributed by atoms with Crippen molar-refractivity contribution in [1.82, 2.24) is 10.1 Å². The standard InChI is InChI=1S/C13H14Cl2N2O3.C13H12Cl2N2O2/c14-7-11(18)20-17-12(16)8-5-13(19,6-8)9-1-3-10(15)4-2-9;14-7-11-16-12(17-19-11)8-5-13(18,6-8)9-1-3-10(15)4-2-9/h1-4,8,19H,5-7H2,(H2,16,17);1-4,8,18H,5-7H2. The minimum Gasteiger partial charge on any atom is -0.385 e. The van der Waals surface area contributed by atoms with E-state index in [9.17, 15) is 15.0 Å². The summed E-state index contributed by atoms with van der Waals surface area (Å²) in [6, 6.07) is 14.3. The molecule has 39 heavy (non-hydrogen) atoms. The molecule has 0 atom stereocenters. The van der Waals surface area contributed by atoms with E-state index in [-0.39, 0.29) is 29.4 Å². The number of nitrogens with zero attached hydrogens (tertiary/aromatic N) is 3. The maximum absolute atomic E-state index is 10.8. The van der Waals surface area contributed by atoms with Crippen LogP contribution in [0, 0.1) is 5.92 Å². The number of benzene rings is 2. The molecule has 2 fully saturated rings. The summed E-state index contributed by atoms with van der Waals surface area (Å²) in [7, 11) is 0. The van der Waals surface area contributed by atoms with Gasteiger partial charge in [-0.2, -0.15) is 4.98 Å². The zero-order valence-corrected chi connectivity index (χ0v) is 23.6. The van der Waals surface area contributed by atoms with Gasteiger partial charge in [0, 0.05) is 21.9 Å². The van der Waals surface area contributed by atoms with Crippen molar-refractivity contribution in [1.29, 1.82) is 0 Å². The van der Waals surface area contributed by atoms with E-state index in [0.717, 1.165) is 11.1 Å². The molecule has 0 aliphatic heterocycles. The fourth-order valence-corrected chi connectivity index (χ4v) is 4.99. The molecule has 9 nitrogen and oxygen atoms in total. The Labute approximate surface area is 244 Å². The number of oxime groups is 1. The van der Waals surface area contributed by atoms with Crippen LogP contribution in [-0.4, -0.2) is 38.0 Å². The van der Waals surface area contributed by atoms with Crippen molar-refractivity contribution in [3.8, 4) is 0 Å². The number of hydrogen-bond donors (Lipinski definition) is 3. The number of alkyl halides is 2. The van der Waals surface area contributed by atoms with Gasteiger partial charge in [0.1, 0.15) is 17.6 Å². The number of carbonyl (C=O) groups excluding carboxylic acids is 1. The molecule has 1 heterocycles. The fourth-order valence-electron chi connectivity index (χ4n) is 4.58. The Bertz CT molecular complexity index is 1300. The quantitative estimate of drug-likeness (QED) is 0.108. The third-order valence-electron chi connectivity index (χ3n) is 6.84. The van der Waals surface area contributed by atoms with Crippen molar-refractivity contribution < 1.29 is 24.4 Å². The molecule has 0 spiro atoms. The van der Waals surface area contributed by atoms with Gasteiger partial charge in [-0.15, -0.1) is 23.2 Å². The Kier molecular flexibility index (Phi) is 9.41. The van der Waals surface area contributed by atoms with Crippen LogP contribution in [0.1, 0.15) is 54.4 Å². The zero-order chi connectivity index (χ0) is 28.2. The second kappa shape index (κ2) is 12.4. The van der Waals surface area contributed by atoms with E-state index in [2.05, 4.69) is 20.1 Å². The van der Waals surface area contributed by atoms with Gasteiger partial charge in [-0.25, -0.2) is 4.79 Å². The van der Waals surface area contributed by atoms with Crippen LogP contribution in [0.25, 0.3) is 0 Å². The average Bonchev–Trinajstić information content (AvgIpc) is 3.38. The van der Waals surface area contributed by atoms with Gasteiger partial charge in [0.25, 0.3) is 0 Å². The van der Waals surface area contributed by atoms with Crippen LogP contribution in [0.15, 0.2) is 58.2 Å². The van der Waals surface area contributed by atoms with Crippen LogP contribution in [0.2, 0.25) is 10.0 Å². The van der Waals surface area contributed by atoms with Gasteiger partial charge in [0.2, 0.25) is 5.89 Å². The number of halogens is 4. The second-order valence-electron chi connectivity index (χ2n) is 9.58. The average molecular weight is 616 g/mol. The van der Waals surface area contributed by atoms with Crippen LogP contribution in [0.4, 0.5) is 0 Å². The number of carbonyl (C=O) groups is 1. The summed E-state index contributed by atoms with van der Waals surface area (Å²) in [5.41, 5.74) is 5.59. The van der Waals surface area contributed by atoms with Crippen LogP contribution >= 0.6 is 46.4 Å². The maximum Gasteiger partial charge on any atom is 0.349 e. The summed E-state index contributed by atoms with van der Waals surface area (Å²) in [6.07, 6.45) is 2.00. The summed E-state index contributed by atoms with van der Waals surface area (Å²) in [5.74, 6) is 0.467. The molecular formula is C26H26Cl4N4O5. The van der Waals surface area contributed by atoms with Crippen LogP contribution < -0.4 is 5.73 Å². The molecular weight excluding hydrogens is 590 g/mol. The maximum atomic E-state index is 10.8. The van der Waals surface area contributed by atoms with Crippen LogP contribution in [0.3, 0.4) is 0 Å². The molecule has 2 aromatic carbocycles. The zero-order valence-electron chi connectivity index (χ0n) is 20.6. The number of hydrogen-bond acceptors (Lipinski definition) is 8. The van der Waals surface area contributed by atoms with Gasteiger partial charge < -0.3 is 25.3 Å². The lowest BCUT2D eigenvalue weighted by atomic mass is 9.67. The van der Waals surface area contributed by atoms with Gasteiger partial charge in [-0.1, -0.05) is 57.8 Å². The lowest BCUT2D eigenvalue weighted by Gasteiger charge is -2.43. The van der Waals surface area contributed by atoms with Crippen molar-refractivity contribution in [2.45, 2.75) is 48.7 Å². The van der Waals surface area contributed by atoms with Crippen molar-refractivity contribution in [2.75, 3.05) is 5.88 Å². The summed E-state index contributed by atoms with van der Waals surface area (Å²) in [5, 5.41) is 29.6. The predicted molar refractivity (Wildman–Crippen MR) is 148 cm³/mol. The first kappa shape index (κ1) is 29.6. The van der Waals surface area contributed by atoms with E-state index in [1.54, 1.807) is 36.4 Å². The number of amidine groups is 1. The van der Waals surface area contributed by atoms with Gasteiger partial charge in [-0.05, 0) is 61.1 Å². The summed E-state index contributed by atoms with van der Waals surface area (Å²) in [4.78, 5) is 19.5. The van der Waals surface area contributed by atoms with Crippen molar-refractivity contribution in [3.63, 3.8) is 0 Å². The van der Waals surface area contributed by atoms with Gasteiger partial charge >= 0.3 is 5.97 Å². The molecule has 2 aliphatic rings. The first-order chi connectivity index (χ1) is 18.5. The molecule has 2 saturated carbocycles. The topological polar surface area (TPSA) is 144 Å². The second-order valence-corrected chi connectivity index (χ2v) is 11.0. The number of aromatic nitrogens is 2. The SMILES string of the molecule is N/C(=N\OC(=O)CCl)C1CC(O)(c2ccc(Cl)cc2)C1.OC1(c2ccc(Cl)cc2)CC(c2noc(CCl)n2)C1. The first-order valence-electron chi connectivity index (χ1n) is 12.0. The molecule has 0 bridgehead atoms. The third-order valence-corrected chi connectivity index (χ3v) is 7.79.